The van der Waals surface area contributed by atoms with Gasteiger partial charge in [-0.1, -0.05) is 81.6 Å². The summed E-state index contributed by atoms with van der Waals surface area (Å²) >= 11 is 15.7. The summed E-state index contributed by atoms with van der Waals surface area (Å²) in [5.74, 6) is -1.08. The lowest BCUT2D eigenvalue weighted by atomic mass is 10.0. The second-order valence-corrected chi connectivity index (χ2v) is 7.99. The zero-order valence-corrected chi connectivity index (χ0v) is 17.9. The lowest BCUT2D eigenvalue weighted by Crippen LogP contribution is -2.03. The maximum absolute atomic E-state index is 12.3. The Morgan fingerprint density at radius 3 is 2.31 bits per heavy atom. The highest BCUT2D eigenvalue weighted by atomic mass is 79.9. The van der Waals surface area contributed by atoms with Gasteiger partial charge in [0.25, 0.3) is 0 Å². The number of hydrogen-bond donors (Lipinski definition) is 1. The molecule has 0 aliphatic carbocycles. The molecule has 144 valence electrons. The summed E-state index contributed by atoms with van der Waals surface area (Å²) in [7, 11) is 0. The first-order valence-electron chi connectivity index (χ1n) is 8.59. The number of rotatable bonds is 4. The minimum atomic E-state index is -1.08. The molecule has 1 N–H and O–H groups in total. The van der Waals surface area contributed by atoms with Crippen LogP contribution in [-0.2, 0) is 0 Å². The monoisotopic (exact) mass is 486 g/mol. The molecule has 3 aromatic carbocycles. The Balaban J connectivity index is 2.07. The van der Waals surface area contributed by atoms with Gasteiger partial charge in [0.15, 0.2) is 0 Å². The summed E-state index contributed by atoms with van der Waals surface area (Å²) in [4.78, 5) is 12.3. The van der Waals surface area contributed by atoms with Gasteiger partial charge >= 0.3 is 5.97 Å². The van der Waals surface area contributed by atoms with Crippen molar-refractivity contribution < 1.29 is 9.90 Å². The van der Waals surface area contributed by atoms with Crippen LogP contribution >= 0.6 is 39.1 Å². The van der Waals surface area contributed by atoms with E-state index in [1.54, 1.807) is 22.9 Å². The Kier molecular flexibility index (Phi) is 5.46. The molecule has 0 fully saturated rings. The van der Waals surface area contributed by atoms with Gasteiger partial charge < -0.3 is 5.11 Å². The molecule has 0 radical (unpaired) electrons. The topological polar surface area (TPSA) is 55.1 Å². The number of carboxylic acid groups (broad SMARTS) is 1. The molecule has 0 spiro atoms. The van der Waals surface area contributed by atoms with Gasteiger partial charge in [-0.05, 0) is 30.3 Å². The number of halogens is 3. The number of nitrogens with zero attached hydrogens (tertiary/aromatic N) is 2. The van der Waals surface area contributed by atoms with Crippen molar-refractivity contribution in [2.24, 2.45) is 0 Å². The summed E-state index contributed by atoms with van der Waals surface area (Å²) in [5, 5.41) is 15.5. The van der Waals surface area contributed by atoms with Gasteiger partial charge in [-0.15, -0.1) is 0 Å². The molecule has 7 heteroatoms. The number of hydrogen-bond acceptors (Lipinski definition) is 2. The average Bonchev–Trinajstić information content (AvgIpc) is 3.12. The van der Waals surface area contributed by atoms with Gasteiger partial charge in [0, 0.05) is 15.6 Å². The largest absolute Gasteiger partial charge is 0.478 e. The van der Waals surface area contributed by atoms with Gasteiger partial charge in [0.1, 0.15) is 11.3 Å². The Hall–Kier alpha value is -2.60. The van der Waals surface area contributed by atoms with E-state index in [0.29, 0.717) is 27.0 Å². The van der Waals surface area contributed by atoms with Crippen molar-refractivity contribution in [1.29, 1.82) is 0 Å². The number of carbonyl (C=O) groups is 1. The maximum Gasteiger partial charge on any atom is 0.340 e. The third-order valence-corrected chi connectivity index (χ3v) is 5.62. The van der Waals surface area contributed by atoms with Crippen LogP contribution in [0.15, 0.2) is 77.3 Å². The predicted molar refractivity (Wildman–Crippen MR) is 119 cm³/mol. The molecule has 1 aromatic heterocycles. The molecule has 0 bridgehead atoms. The zero-order chi connectivity index (χ0) is 20.5. The van der Waals surface area contributed by atoms with E-state index in [2.05, 4.69) is 21.0 Å². The van der Waals surface area contributed by atoms with E-state index in [-0.39, 0.29) is 5.56 Å². The van der Waals surface area contributed by atoms with Crippen LogP contribution in [0.3, 0.4) is 0 Å². The molecule has 1 heterocycles. The molecule has 0 atom stereocenters. The van der Waals surface area contributed by atoms with E-state index in [9.17, 15) is 9.90 Å². The van der Waals surface area contributed by atoms with Crippen molar-refractivity contribution in [2.45, 2.75) is 0 Å². The molecule has 4 rings (SSSR count). The van der Waals surface area contributed by atoms with Gasteiger partial charge in [-0.25, -0.2) is 9.48 Å². The van der Waals surface area contributed by atoms with Crippen molar-refractivity contribution in [2.75, 3.05) is 0 Å². The van der Waals surface area contributed by atoms with Gasteiger partial charge in [-0.3, -0.25) is 0 Å². The molecule has 0 saturated carbocycles. The number of benzene rings is 3. The van der Waals surface area contributed by atoms with E-state index in [4.69, 9.17) is 23.2 Å². The fourth-order valence-corrected chi connectivity index (χ4v) is 3.81. The summed E-state index contributed by atoms with van der Waals surface area (Å²) in [5.41, 5.74) is 2.93. The molecule has 4 nitrogen and oxygen atoms in total. The fourth-order valence-electron chi connectivity index (χ4n) is 3.12. The zero-order valence-electron chi connectivity index (χ0n) is 14.8. The second-order valence-electron chi connectivity index (χ2n) is 6.26. The summed E-state index contributed by atoms with van der Waals surface area (Å²) in [6.45, 7) is 0. The number of aromatic nitrogens is 2. The summed E-state index contributed by atoms with van der Waals surface area (Å²) < 4.78 is 2.50. The summed E-state index contributed by atoms with van der Waals surface area (Å²) in [6.07, 6.45) is 0. The van der Waals surface area contributed by atoms with Crippen LogP contribution in [0.4, 0.5) is 0 Å². The molecular formula is C22H13BrCl2N2O2. The first-order chi connectivity index (χ1) is 14.0. The van der Waals surface area contributed by atoms with Crippen LogP contribution in [0.2, 0.25) is 10.0 Å². The van der Waals surface area contributed by atoms with Crippen LogP contribution in [-0.4, -0.2) is 20.9 Å². The summed E-state index contributed by atoms with van der Waals surface area (Å²) in [6, 6.07) is 21.8. The SMILES string of the molecule is O=C(O)c1c(-c2ccc(Cl)c(Cl)c2)nn(-c2cccc(Br)c2)c1-c1ccccc1. The minimum Gasteiger partial charge on any atom is -0.478 e. The van der Waals surface area contributed by atoms with E-state index in [1.165, 1.54) is 0 Å². The fraction of sp³-hybridized carbons (Fsp3) is 0. The first kappa shape index (κ1) is 19.7. The highest BCUT2D eigenvalue weighted by Gasteiger charge is 2.26. The molecule has 4 aromatic rings. The molecule has 0 unspecified atom stereocenters. The van der Waals surface area contributed by atoms with Crippen molar-refractivity contribution in [3.8, 4) is 28.2 Å². The highest BCUT2D eigenvalue weighted by molar-refractivity contribution is 9.10. The highest BCUT2D eigenvalue weighted by Crippen LogP contribution is 2.36. The Morgan fingerprint density at radius 2 is 1.66 bits per heavy atom. The molecular weight excluding hydrogens is 475 g/mol. The van der Waals surface area contributed by atoms with Crippen LogP contribution in [0.25, 0.3) is 28.2 Å². The van der Waals surface area contributed by atoms with Gasteiger partial charge in [0.05, 0.1) is 21.4 Å². The average molecular weight is 488 g/mol. The second kappa shape index (κ2) is 8.03. The van der Waals surface area contributed by atoms with Gasteiger partial charge in [-0.2, -0.15) is 5.10 Å². The van der Waals surface area contributed by atoms with E-state index >= 15 is 0 Å². The normalized spacial score (nSPS) is 10.9. The van der Waals surface area contributed by atoms with Crippen molar-refractivity contribution >= 4 is 45.1 Å². The van der Waals surface area contributed by atoms with Crippen LogP contribution < -0.4 is 0 Å². The van der Waals surface area contributed by atoms with Crippen LogP contribution in [0.1, 0.15) is 10.4 Å². The maximum atomic E-state index is 12.3. The Morgan fingerprint density at radius 1 is 0.897 bits per heavy atom. The number of carboxylic acids is 1. The molecule has 29 heavy (non-hydrogen) atoms. The Bertz CT molecular complexity index is 1220. The minimum absolute atomic E-state index is 0.0922. The van der Waals surface area contributed by atoms with Crippen molar-refractivity contribution in [3.05, 3.63) is 92.9 Å². The first-order valence-corrected chi connectivity index (χ1v) is 10.1. The third-order valence-electron chi connectivity index (χ3n) is 4.39. The molecule has 0 aliphatic rings. The van der Waals surface area contributed by atoms with Crippen LogP contribution in [0.5, 0.6) is 0 Å². The Labute approximate surface area is 185 Å². The lowest BCUT2D eigenvalue weighted by molar-refractivity contribution is 0.0698. The van der Waals surface area contributed by atoms with Crippen molar-refractivity contribution in [3.63, 3.8) is 0 Å². The smallest absolute Gasteiger partial charge is 0.340 e. The number of aromatic carboxylic acids is 1. The predicted octanol–water partition coefficient (Wildman–Crippen LogP) is 6.97. The standard InChI is InChI=1S/C22H13BrCl2N2O2/c23-15-7-4-8-16(12-15)27-21(13-5-2-1-3-6-13)19(22(28)29)20(26-27)14-9-10-17(24)18(25)11-14/h1-12H,(H,28,29). The lowest BCUT2D eigenvalue weighted by Gasteiger charge is -2.09. The van der Waals surface area contributed by atoms with Gasteiger partial charge in [0.2, 0.25) is 0 Å². The molecule has 0 aliphatic heterocycles. The third kappa shape index (κ3) is 3.81. The quantitative estimate of drug-likeness (QED) is 0.338. The van der Waals surface area contributed by atoms with Crippen molar-refractivity contribution in [1.82, 2.24) is 9.78 Å². The molecule has 0 saturated heterocycles. The van der Waals surface area contributed by atoms with E-state index in [1.807, 2.05) is 54.6 Å². The molecule has 0 amide bonds. The van der Waals surface area contributed by atoms with E-state index in [0.717, 1.165) is 15.7 Å². The van der Waals surface area contributed by atoms with E-state index < -0.39 is 5.97 Å². The van der Waals surface area contributed by atoms with Crippen LogP contribution in [0, 0.1) is 0 Å².